The lowest BCUT2D eigenvalue weighted by Gasteiger charge is -2.20. The van der Waals surface area contributed by atoms with Crippen LogP contribution in [0.4, 0.5) is 5.69 Å². The average Bonchev–Trinajstić information content (AvgIpc) is 3.08. The molecule has 1 aliphatic rings. The molecule has 0 bridgehead atoms. The fraction of sp³-hybridized carbons (Fsp3) is 0.391. The Hall–Kier alpha value is -2.80. The summed E-state index contributed by atoms with van der Waals surface area (Å²) < 4.78 is 5.35. The van der Waals surface area contributed by atoms with Crippen LogP contribution in [-0.2, 0) is 17.6 Å². The second-order valence-corrected chi connectivity index (χ2v) is 6.61. The number of benzene rings is 2. The van der Waals surface area contributed by atoms with E-state index in [-0.39, 0.29) is 13.4 Å². The SMILES string of the molecule is C.CCCc1cc(C#N)c2c(c1)CCN2CCCOC(=O)c1ccccc1. The van der Waals surface area contributed by atoms with Crippen molar-refractivity contribution in [2.45, 2.75) is 40.0 Å². The highest BCUT2D eigenvalue weighted by molar-refractivity contribution is 5.89. The van der Waals surface area contributed by atoms with Crippen molar-refractivity contribution in [3.05, 3.63) is 64.7 Å². The normalized spacial score (nSPS) is 12.1. The first kappa shape index (κ1) is 20.5. The smallest absolute Gasteiger partial charge is 0.338 e. The molecule has 0 aliphatic carbocycles. The van der Waals surface area contributed by atoms with E-state index in [0.29, 0.717) is 12.2 Å². The molecule has 0 saturated carbocycles. The summed E-state index contributed by atoms with van der Waals surface area (Å²) in [6.45, 7) is 4.25. The Bertz CT molecular complexity index is 809. The molecule has 0 atom stereocenters. The lowest BCUT2D eigenvalue weighted by molar-refractivity contribution is 0.0502. The Labute approximate surface area is 162 Å². The quantitative estimate of drug-likeness (QED) is 0.525. The number of hydrogen-bond donors (Lipinski definition) is 0. The van der Waals surface area contributed by atoms with Crippen molar-refractivity contribution in [3.63, 3.8) is 0 Å². The summed E-state index contributed by atoms with van der Waals surface area (Å²) in [7, 11) is 0. The molecule has 0 fully saturated rings. The molecule has 4 heteroatoms. The Morgan fingerprint density at radius 3 is 2.74 bits per heavy atom. The van der Waals surface area contributed by atoms with Crippen LogP contribution in [0.1, 0.15) is 54.2 Å². The minimum absolute atomic E-state index is 0. The van der Waals surface area contributed by atoms with Crippen LogP contribution in [0.5, 0.6) is 0 Å². The lowest BCUT2D eigenvalue weighted by Crippen LogP contribution is -2.24. The average molecular weight is 364 g/mol. The van der Waals surface area contributed by atoms with Crippen molar-refractivity contribution in [1.82, 2.24) is 0 Å². The molecule has 1 heterocycles. The number of aryl methyl sites for hydroxylation is 1. The first-order valence-electron chi connectivity index (χ1n) is 9.26. The van der Waals surface area contributed by atoms with Gasteiger partial charge in [-0.05, 0) is 48.6 Å². The van der Waals surface area contributed by atoms with E-state index >= 15 is 0 Å². The van der Waals surface area contributed by atoms with Crippen LogP contribution in [0.25, 0.3) is 0 Å². The second kappa shape index (κ2) is 9.78. The van der Waals surface area contributed by atoms with Gasteiger partial charge in [0.15, 0.2) is 0 Å². The fourth-order valence-corrected chi connectivity index (χ4v) is 3.51. The maximum atomic E-state index is 12.0. The molecule has 0 saturated heterocycles. The zero-order valence-electron chi connectivity index (χ0n) is 15.2. The predicted molar refractivity (Wildman–Crippen MR) is 109 cm³/mol. The van der Waals surface area contributed by atoms with Crippen LogP contribution in [-0.4, -0.2) is 25.7 Å². The molecule has 3 rings (SSSR count). The van der Waals surface area contributed by atoms with E-state index in [0.717, 1.165) is 50.0 Å². The number of anilines is 1. The molecule has 1 aliphatic heterocycles. The van der Waals surface area contributed by atoms with Crippen molar-refractivity contribution in [2.24, 2.45) is 0 Å². The van der Waals surface area contributed by atoms with E-state index in [2.05, 4.69) is 24.0 Å². The van der Waals surface area contributed by atoms with Crippen molar-refractivity contribution in [3.8, 4) is 6.07 Å². The van der Waals surface area contributed by atoms with E-state index in [1.54, 1.807) is 12.1 Å². The van der Waals surface area contributed by atoms with Gasteiger partial charge >= 0.3 is 5.97 Å². The summed E-state index contributed by atoms with van der Waals surface area (Å²) in [5.41, 5.74) is 4.94. The van der Waals surface area contributed by atoms with Gasteiger partial charge in [0.25, 0.3) is 0 Å². The zero-order valence-corrected chi connectivity index (χ0v) is 15.2. The van der Waals surface area contributed by atoms with Crippen molar-refractivity contribution in [2.75, 3.05) is 24.6 Å². The molecule has 0 aromatic heterocycles. The Kier molecular flexibility index (Phi) is 7.43. The van der Waals surface area contributed by atoms with Crippen molar-refractivity contribution in [1.29, 1.82) is 5.26 Å². The van der Waals surface area contributed by atoms with Crippen LogP contribution in [0.2, 0.25) is 0 Å². The highest BCUT2D eigenvalue weighted by Gasteiger charge is 2.23. The molecule has 0 spiro atoms. The van der Waals surface area contributed by atoms with Gasteiger partial charge in [-0.15, -0.1) is 0 Å². The third-order valence-corrected chi connectivity index (χ3v) is 4.69. The molecule has 27 heavy (non-hydrogen) atoms. The first-order valence-corrected chi connectivity index (χ1v) is 9.26. The summed E-state index contributed by atoms with van der Waals surface area (Å²) in [6, 6.07) is 15.7. The van der Waals surface area contributed by atoms with Crippen LogP contribution in [0, 0.1) is 11.3 Å². The molecule has 0 N–H and O–H groups in total. The number of rotatable bonds is 7. The van der Waals surface area contributed by atoms with Gasteiger partial charge in [-0.25, -0.2) is 4.79 Å². The van der Waals surface area contributed by atoms with Gasteiger partial charge in [-0.1, -0.05) is 45.0 Å². The first-order chi connectivity index (χ1) is 12.7. The van der Waals surface area contributed by atoms with E-state index in [4.69, 9.17) is 4.74 Å². The van der Waals surface area contributed by atoms with Crippen LogP contribution >= 0.6 is 0 Å². The van der Waals surface area contributed by atoms with Gasteiger partial charge in [-0.2, -0.15) is 5.26 Å². The molecule has 4 nitrogen and oxygen atoms in total. The third-order valence-electron chi connectivity index (χ3n) is 4.69. The lowest BCUT2D eigenvalue weighted by atomic mass is 10.0. The van der Waals surface area contributed by atoms with Crippen LogP contribution in [0.3, 0.4) is 0 Å². The van der Waals surface area contributed by atoms with Crippen LogP contribution in [0.15, 0.2) is 42.5 Å². The van der Waals surface area contributed by atoms with Gasteiger partial charge in [0, 0.05) is 13.1 Å². The summed E-state index contributed by atoms with van der Waals surface area (Å²) >= 11 is 0. The number of hydrogen-bond acceptors (Lipinski definition) is 4. The molecular formula is C23H28N2O2. The minimum Gasteiger partial charge on any atom is -0.462 e. The molecule has 0 amide bonds. The maximum absolute atomic E-state index is 12.0. The van der Waals surface area contributed by atoms with Gasteiger partial charge in [-0.3, -0.25) is 0 Å². The molecule has 142 valence electrons. The summed E-state index contributed by atoms with van der Waals surface area (Å²) in [6.07, 6.45) is 3.82. The largest absolute Gasteiger partial charge is 0.462 e. The third kappa shape index (κ3) is 4.89. The van der Waals surface area contributed by atoms with E-state index in [1.165, 1.54) is 11.1 Å². The second-order valence-electron chi connectivity index (χ2n) is 6.61. The van der Waals surface area contributed by atoms with E-state index < -0.39 is 0 Å². The van der Waals surface area contributed by atoms with Crippen molar-refractivity contribution >= 4 is 11.7 Å². The number of carbonyl (C=O) groups is 1. The Balaban J connectivity index is 0.00000261. The number of carbonyl (C=O) groups excluding carboxylic acids is 1. The standard InChI is InChI=1S/C22H24N2O2.CH4/c1-2-7-17-14-19-10-12-24(21(19)20(15-17)16-23)11-6-13-26-22(25)18-8-4-3-5-9-18;/h3-5,8-9,14-15H,2,6-7,10-13H2,1H3;1H4. The summed E-state index contributed by atoms with van der Waals surface area (Å²) in [4.78, 5) is 14.2. The number of ether oxygens (including phenoxy) is 1. The number of fused-ring (bicyclic) bond motifs is 1. The Morgan fingerprint density at radius 1 is 1.26 bits per heavy atom. The minimum atomic E-state index is -0.283. The number of nitrogens with zero attached hydrogens (tertiary/aromatic N) is 2. The van der Waals surface area contributed by atoms with Crippen molar-refractivity contribution < 1.29 is 9.53 Å². The Morgan fingerprint density at radius 2 is 2.04 bits per heavy atom. The molecule has 0 unspecified atom stereocenters. The molecule has 0 radical (unpaired) electrons. The van der Waals surface area contributed by atoms with Gasteiger partial charge in [0.1, 0.15) is 6.07 Å². The van der Waals surface area contributed by atoms with Crippen LogP contribution < -0.4 is 4.90 Å². The topological polar surface area (TPSA) is 53.3 Å². The fourth-order valence-electron chi connectivity index (χ4n) is 3.51. The van der Waals surface area contributed by atoms with Gasteiger partial charge in [0.2, 0.25) is 0 Å². The van der Waals surface area contributed by atoms with E-state index in [9.17, 15) is 10.1 Å². The summed E-state index contributed by atoms with van der Waals surface area (Å²) in [5.74, 6) is -0.283. The molecule has 2 aromatic rings. The number of esters is 1. The zero-order chi connectivity index (χ0) is 18.4. The highest BCUT2D eigenvalue weighted by atomic mass is 16.5. The highest BCUT2D eigenvalue weighted by Crippen LogP contribution is 2.33. The molecular weight excluding hydrogens is 336 g/mol. The maximum Gasteiger partial charge on any atom is 0.338 e. The van der Waals surface area contributed by atoms with Gasteiger partial charge in [0.05, 0.1) is 23.4 Å². The summed E-state index contributed by atoms with van der Waals surface area (Å²) in [5, 5.41) is 9.54. The molecule has 2 aromatic carbocycles. The van der Waals surface area contributed by atoms with E-state index in [1.807, 2.05) is 24.3 Å². The van der Waals surface area contributed by atoms with Gasteiger partial charge < -0.3 is 9.64 Å². The predicted octanol–water partition coefficient (Wildman–Crippen LogP) is 4.76. The monoisotopic (exact) mass is 364 g/mol. The number of nitriles is 1.